The maximum absolute atomic E-state index is 11.0. The summed E-state index contributed by atoms with van der Waals surface area (Å²) in [5.41, 5.74) is 1.37. The number of nitrogens with zero attached hydrogens (tertiary/aromatic N) is 1. The van der Waals surface area contributed by atoms with E-state index in [1.165, 1.54) is 17.3 Å². The Morgan fingerprint density at radius 1 is 1.14 bits per heavy atom. The molecule has 4 nitrogen and oxygen atoms in total. The minimum absolute atomic E-state index is 0.172. The van der Waals surface area contributed by atoms with E-state index in [9.17, 15) is 10.1 Å². The molecule has 2 aromatic rings. The van der Waals surface area contributed by atoms with Crippen LogP contribution in [0.4, 0.5) is 5.69 Å². The van der Waals surface area contributed by atoms with Gasteiger partial charge in [-0.2, -0.15) is 0 Å². The van der Waals surface area contributed by atoms with E-state index < -0.39 is 0 Å². The van der Waals surface area contributed by atoms with Crippen LogP contribution >= 0.6 is 11.8 Å². The van der Waals surface area contributed by atoms with Gasteiger partial charge in [-0.25, -0.2) is 0 Å². The van der Waals surface area contributed by atoms with Gasteiger partial charge in [-0.15, -0.1) is 11.8 Å². The third-order valence-corrected chi connectivity index (χ3v) is 4.28. The molecule has 2 aromatic carbocycles. The quantitative estimate of drug-likeness (QED) is 0.476. The van der Waals surface area contributed by atoms with Gasteiger partial charge in [0.15, 0.2) is 0 Å². The summed E-state index contributed by atoms with van der Waals surface area (Å²) in [6, 6.07) is 17.2. The Morgan fingerprint density at radius 2 is 1.81 bits per heavy atom. The molecule has 0 amide bonds. The molecule has 0 aromatic heterocycles. The average Bonchev–Trinajstić information content (AvgIpc) is 2.52. The van der Waals surface area contributed by atoms with Crippen molar-refractivity contribution in [2.45, 2.75) is 17.9 Å². The minimum atomic E-state index is -0.326. The number of nitrogens with one attached hydrogen (secondary N) is 1. The van der Waals surface area contributed by atoms with E-state index in [0.29, 0.717) is 4.90 Å². The van der Waals surface area contributed by atoms with Crippen LogP contribution in [0.1, 0.15) is 18.5 Å². The first-order valence-corrected chi connectivity index (χ1v) is 7.85. The van der Waals surface area contributed by atoms with Crippen LogP contribution < -0.4 is 5.32 Å². The first-order chi connectivity index (χ1) is 10.2. The Hall–Kier alpha value is -1.85. The molecule has 0 aliphatic rings. The van der Waals surface area contributed by atoms with Crippen molar-refractivity contribution >= 4 is 17.4 Å². The van der Waals surface area contributed by atoms with E-state index >= 15 is 0 Å². The average molecular weight is 302 g/mol. The summed E-state index contributed by atoms with van der Waals surface area (Å²) in [6.45, 7) is 2.92. The smallest absolute Gasteiger partial charge is 0.282 e. The number of thioether (sulfide) groups is 1. The fraction of sp³-hybridized carbons (Fsp3) is 0.250. The summed E-state index contributed by atoms with van der Waals surface area (Å²) >= 11 is 1.51. The molecule has 0 spiro atoms. The minimum Gasteiger partial charge on any atom is -0.309 e. The Labute approximate surface area is 128 Å². The third kappa shape index (κ3) is 4.31. The van der Waals surface area contributed by atoms with E-state index in [2.05, 4.69) is 24.4 Å². The van der Waals surface area contributed by atoms with Gasteiger partial charge in [0.2, 0.25) is 0 Å². The van der Waals surface area contributed by atoms with E-state index in [1.807, 2.05) is 24.3 Å². The zero-order valence-electron chi connectivity index (χ0n) is 11.9. The number of rotatable bonds is 7. The molecular formula is C16H18N2O2S. The number of nitro groups is 1. The lowest BCUT2D eigenvalue weighted by molar-refractivity contribution is -0.387. The van der Waals surface area contributed by atoms with Gasteiger partial charge in [0.1, 0.15) is 0 Å². The van der Waals surface area contributed by atoms with Crippen molar-refractivity contribution in [1.82, 2.24) is 5.32 Å². The van der Waals surface area contributed by atoms with Crippen molar-refractivity contribution in [3.8, 4) is 0 Å². The van der Waals surface area contributed by atoms with Crippen LogP contribution in [0.15, 0.2) is 59.5 Å². The second-order valence-electron chi connectivity index (χ2n) is 4.56. The molecule has 1 N–H and O–H groups in total. The van der Waals surface area contributed by atoms with Crippen LogP contribution in [-0.4, -0.2) is 17.2 Å². The van der Waals surface area contributed by atoms with Gasteiger partial charge < -0.3 is 5.32 Å². The van der Waals surface area contributed by atoms with Crippen LogP contribution in [0, 0.1) is 10.1 Å². The summed E-state index contributed by atoms with van der Waals surface area (Å²) in [4.78, 5) is 11.4. The maximum atomic E-state index is 11.0. The number of hydrogen-bond acceptors (Lipinski definition) is 4. The van der Waals surface area contributed by atoms with E-state index in [0.717, 1.165) is 12.3 Å². The first-order valence-electron chi connectivity index (χ1n) is 6.87. The fourth-order valence-electron chi connectivity index (χ4n) is 2.11. The van der Waals surface area contributed by atoms with E-state index in [-0.39, 0.29) is 16.7 Å². The highest BCUT2D eigenvalue weighted by Gasteiger charge is 2.16. The number of nitro benzene ring substituents is 1. The predicted octanol–water partition coefficient (Wildman–Crippen LogP) is 4.04. The number of para-hydroxylation sites is 1. The molecule has 0 radical (unpaired) electrons. The molecule has 0 fully saturated rings. The van der Waals surface area contributed by atoms with Gasteiger partial charge in [-0.05, 0) is 18.2 Å². The first kappa shape index (κ1) is 15.5. The zero-order chi connectivity index (χ0) is 15.1. The molecule has 1 unspecified atom stereocenters. The standard InChI is InChI=1S/C16H18N2O2S/c1-2-17-14(13-8-4-3-5-9-13)12-21-16-11-7-6-10-15(16)18(19)20/h3-11,14,17H,2,12H2,1H3. The van der Waals surface area contributed by atoms with Crippen molar-refractivity contribution in [1.29, 1.82) is 0 Å². The second-order valence-corrected chi connectivity index (χ2v) is 5.62. The molecule has 0 saturated heterocycles. The molecule has 0 heterocycles. The molecule has 2 rings (SSSR count). The lowest BCUT2D eigenvalue weighted by atomic mass is 10.1. The number of hydrogen-bond donors (Lipinski definition) is 1. The Kier molecular flexibility index (Phi) is 5.78. The van der Waals surface area contributed by atoms with Crippen molar-refractivity contribution in [3.05, 3.63) is 70.3 Å². The normalized spacial score (nSPS) is 12.0. The number of benzene rings is 2. The van der Waals surface area contributed by atoms with Crippen molar-refractivity contribution in [3.63, 3.8) is 0 Å². The maximum Gasteiger partial charge on any atom is 0.282 e. The summed E-state index contributed by atoms with van der Waals surface area (Å²) in [7, 11) is 0. The lowest BCUT2D eigenvalue weighted by Crippen LogP contribution is -2.22. The molecule has 1 atom stereocenters. The van der Waals surface area contributed by atoms with Gasteiger partial charge in [0.25, 0.3) is 5.69 Å². The summed E-state index contributed by atoms with van der Waals surface area (Å²) in [6.07, 6.45) is 0. The van der Waals surface area contributed by atoms with Crippen LogP contribution in [-0.2, 0) is 0 Å². The summed E-state index contributed by atoms with van der Waals surface area (Å²) in [5, 5.41) is 14.5. The Bertz CT molecular complexity index is 590. The zero-order valence-corrected chi connectivity index (χ0v) is 12.7. The molecule has 5 heteroatoms. The van der Waals surface area contributed by atoms with E-state index in [4.69, 9.17) is 0 Å². The third-order valence-electron chi connectivity index (χ3n) is 3.12. The van der Waals surface area contributed by atoms with Crippen LogP contribution in [0.3, 0.4) is 0 Å². The van der Waals surface area contributed by atoms with Gasteiger partial charge in [0, 0.05) is 17.9 Å². The van der Waals surface area contributed by atoms with Crippen molar-refractivity contribution < 1.29 is 4.92 Å². The molecule has 110 valence electrons. The lowest BCUT2D eigenvalue weighted by Gasteiger charge is -2.18. The molecule has 0 saturated carbocycles. The topological polar surface area (TPSA) is 55.2 Å². The highest BCUT2D eigenvalue weighted by atomic mass is 32.2. The summed E-state index contributed by atoms with van der Waals surface area (Å²) < 4.78 is 0. The molecule has 0 bridgehead atoms. The van der Waals surface area contributed by atoms with Crippen LogP contribution in [0.25, 0.3) is 0 Å². The SMILES string of the molecule is CCNC(CSc1ccccc1[N+](=O)[O-])c1ccccc1. The summed E-state index contributed by atoms with van der Waals surface area (Å²) in [5.74, 6) is 0.753. The molecule has 21 heavy (non-hydrogen) atoms. The van der Waals surface area contributed by atoms with Gasteiger partial charge in [-0.3, -0.25) is 10.1 Å². The van der Waals surface area contributed by atoms with E-state index in [1.54, 1.807) is 18.2 Å². The Balaban J connectivity index is 2.11. The largest absolute Gasteiger partial charge is 0.309 e. The van der Waals surface area contributed by atoms with Crippen molar-refractivity contribution in [2.24, 2.45) is 0 Å². The van der Waals surface area contributed by atoms with Crippen molar-refractivity contribution in [2.75, 3.05) is 12.3 Å². The molecular weight excluding hydrogens is 284 g/mol. The Morgan fingerprint density at radius 3 is 2.48 bits per heavy atom. The predicted molar refractivity (Wildman–Crippen MR) is 86.7 cm³/mol. The van der Waals surface area contributed by atoms with Gasteiger partial charge in [-0.1, -0.05) is 49.4 Å². The van der Waals surface area contributed by atoms with Crippen LogP contribution in [0.5, 0.6) is 0 Å². The van der Waals surface area contributed by atoms with Gasteiger partial charge >= 0.3 is 0 Å². The molecule has 0 aliphatic carbocycles. The fourth-order valence-corrected chi connectivity index (χ4v) is 3.23. The monoisotopic (exact) mass is 302 g/mol. The van der Waals surface area contributed by atoms with Gasteiger partial charge in [0.05, 0.1) is 9.82 Å². The van der Waals surface area contributed by atoms with Crippen LogP contribution in [0.2, 0.25) is 0 Å². The second kappa shape index (κ2) is 7.81. The molecule has 0 aliphatic heterocycles. The highest BCUT2D eigenvalue weighted by Crippen LogP contribution is 2.31. The highest BCUT2D eigenvalue weighted by molar-refractivity contribution is 7.99.